The Hall–Kier alpha value is -2.86. The fraction of sp³-hybridized carbons (Fsp3) is 0.273. The Morgan fingerprint density at radius 1 is 1.11 bits per heavy atom. The van der Waals surface area contributed by atoms with Crippen molar-refractivity contribution in [2.75, 3.05) is 18.4 Å². The van der Waals surface area contributed by atoms with E-state index < -0.39 is 0 Å². The second-order valence-corrected chi connectivity index (χ2v) is 7.41. The molecule has 2 amide bonds. The van der Waals surface area contributed by atoms with E-state index in [9.17, 15) is 9.59 Å². The lowest BCUT2D eigenvalue weighted by molar-refractivity contribution is -0.111. The summed E-state index contributed by atoms with van der Waals surface area (Å²) in [5.41, 5.74) is 1.01. The fourth-order valence-corrected chi connectivity index (χ4v) is 3.65. The van der Waals surface area contributed by atoms with Crippen molar-refractivity contribution in [2.45, 2.75) is 26.7 Å². The molecule has 0 aliphatic rings. The van der Waals surface area contributed by atoms with Crippen LogP contribution >= 0.6 is 11.3 Å². The lowest BCUT2D eigenvalue weighted by atomic mass is 10.2. The van der Waals surface area contributed by atoms with Gasteiger partial charge in [-0.05, 0) is 42.5 Å². The van der Waals surface area contributed by atoms with Gasteiger partial charge in [0, 0.05) is 29.4 Å². The van der Waals surface area contributed by atoms with Gasteiger partial charge in [0.1, 0.15) is 11.3 Å². The molecule has 1 N–H and O–H groups in total. The Bertz CT molecular complexity index is 967. The first-order chi connectivity index (χ1) is 13.6. The Morgan fingerprint density at radius 2 is 1.86 bits per heavy atom. The molecule has 2 aromatic heterocycles. The van der Waals surface area contributed by atoms with Crippen LogP contribution in [0.4, 0.5) is 5.69 Å². The molecule has 0 atom stereocenters. The van der Waals surface area contributed by atoms with Crippen LogP contribution in [0.15, 0.2) is 52.3 Å². The second-order valence-electron chi connectivity index (χ2n) is 6.43. The molecule has 5 nitrogen and oxygen atoms in total. The van der Waals surface area contributed by atoms with E-state index in [0.29, 0.717) is 24.4 Å². The molecule has 1 aromatic carbocycles. The molecule has 0 aliphatic heterocycles. The van der Waals surface area contributed by atoms with Crippen LogP contribution in [0.5, 0.6) is 0 Å². The van der Waals surface area contributed by atoms with Crippen molar-refractivity contribution in [3.8, 4) is 0 Å². The molecule has 0 unspecified atom stereocenters. The maximum absolute atomic E-state index is 13.1. The van der Waals surface area contributed by atoms with Gasteiger partial charge in [-0.2, -0.15) is 0 Å². The molecule has 0 spiro atoms. The SMILES string of the molecule is CCCN(CCC)C(=O)c1oc2ccccc2c1NC(=O)C=Cc1cccs1. The molecule has 0 fully saturated rings. The summed E-state index contributed by atoms with van der Waals surface area (Å²) >= 11 is 1.55. The molecule has 0 saturated carbocycles. The fourth-order valence-electron chi connectivity index (χ4n) is 3.03. The molecule has 0 radical (unpaired) electrons. The predicted octanol–water partition coefficient (Wildman–Crippen LogP) is 5.41. The molecular weight excluding hydrogens is 372 g/mol. The summed E-state index contributed by atoms with van der Waals surface area (Å²) in [4.78, 5) is 28.4. The Labute approximate surface area is 168 Å². The van der Waals surface area contributed by atoms with Crippen LogP contribution < -0.4 is 5.32 Å². The average Bonchev–Trinajstić information content (AvgIpc) is 3.34. The van der Waals surface area contributed by atoms with Crippen molar-refractivity contribution in [2.24, 2.45) is 0 Å². The number of hydrogen-bond acceptors (Lipinski definition) is 4. The van der Waals surface area contributed by atoms with Gasteiger partial charge < -0.3 is 14.6 Å². The number of para-hydroxylation sites is 1. The molecule has 2 heterocycles. The number of rotatable bonds is 8. The van der Waals surface area contributed by atoms with Crippen molar-refractivity contribution in [1.82, 2.24) is 4.90 Å². The van der Waals surface area contributed by atoms with E-state index in [1.165, 1.54) is 6.08 Å². The van der Waals surface area contributed by atoms with E-state index >= 15 is 0 Å². The zero-order valence-corrected chi connectivity index (χ0v) is 16.9. The maximum atomic E-state index is 13.1. The molecule has 3 aromatic rings. The van der Waals surface area contributed by atoms with Crippen LogP contribution in [-0.4, -0.2) is 29.8 Å². The quantitative estimate of drug-likeness (QED) is 0.518. The van der Waals surface area contributed by atoms with Crippen molar-refractivity contribution < 1.29 is 14.0 Å². The number of fused-ring (bicyclic) bond motifs is 1. The smallest absolute Gasteiger partial charge is 0.291 e. The van der Waals surface area contributed by atoms with Gasteiger partial charge in [-0.1, -0.05) is 32.0 Å². The van der Waals surface area contributed by atoms with E-state index in [2.05, 4.69) is 5.32 Å². The summed E-state index contributed by atoms with van der Waals surface area (Å²) in [6.07, 6.45) is 4.94. The van der Waals surface area contributed by atoms with E-state index in [0.717, 1.165) is 23.1 Å². The number of thiophene rings is 1. The highest BCUT2D eigenvalue weighted by atomic mass is 32.1. The highest BCUT2D eigenvalue weighted by molar-refractivity contribution is 7.10. The summed E-state index contributed by atoms with van der Waals surface area (Å²) in [5, 5.41) is 5.53. The molecule has 0 saturated heterocycles. The number of anilines is 1. The van der Waals surface area contributed by atoms with Gasteiger partial charge in [0.05, 0.1) is 0 Å². The highest BCUT2D eigenvalue weighted by Crippen LogP contribution is 2.32. The number of nitrogens with zero attached hydrogens (tertiary/aromatic N) is 1. The van der Waals surface area contributed by atoms with Crippen molar-refractivity contribution in [1.29, 1.82) is 0 Å². The average molecular weight is 397 g/mol. The zero-order valence-electron chi connectivity index (χ0n) is 16.1. The van der Waals surface area contributed by atoms with Crippen LogP contribution in [0.1, 0.15) is 42.1 Å². The minimum Gasteiger partial charge on any atom is -0.449 e. The summed E-state index contributed by atoms with van der Waals surface area (Å²) in [5.74, 6) is -0.315. The van der Waals surface area contributed by atoms with Crippen LogP contribution in [0.25, 0.3) is 17.0 Å². The molecule has 0 aliphatic carbocycles. The van der Waals surface area contributed by atoms with Gasteiger partial charge in [-0.15, -0.1) is 11.3 Å². The van der Waals surface area contributed by atoms with Gasteiger partial charge in [-0.25, -0.2) is 0 Å². The standard InChI is InChI=1S/C22H24N2O3S/c1-3-13-24(14-4-2)22(26)21-20(17-9-5-6-10-18(17)27-21)23-19(25)12-11-16-8-7-15-28-16/h5-12,15H,3-4,13-14H2,1-2H3,(H,23,25). The van der Waals surface area contributed by atoms with E-state index in [4.69, 9.17) is 4.42 Å². The minimum absolute atomic E-state index is 0.181. The summed E-state index contributed by atoms with van der Waals surface area (Å²) in [7, 11) is 0. The third kappa shape index (κ3) is 4.51. The molecule has 0 bridgehead atoms. The molecule has 28 heavy (non-hydrogen) atoms. The number of furan rings is 1. The zero-order chi connectivity index (χ0) is 19.9. The summed E-state index contributed by atoms with van der Waals surface area (Å²) < 4.78 is 5.86. The first-order valence-electron chi connectivity index (χ1n) is 9.47. The maximum Gasteiger partial charge on any atom is 0.291 e. The van der Waals surface area contributed by atoms with Gasteiger partial charge in [0.2, 0.25) is 11.7 Å². The number of carbonyl (C=O) groups is 2. The Kier molecular flexibility index (Phi) is 6.66. The number of carbonyl (C=O) groups excluding carboxylic acids is 2. The van der Waals surface area contributed by atoms with Crippen LogP contribution in [-0.2, 0) is 4.79 Å². The lowest BCUT2D eigenvalue weighted by Gasteiger charge is -2.20. The number of benzene rings is 1. The first-order valence-corrected chi connectivity index (χ1v) is 10.3. The van der Waals surface area contributed by atoms with Gasteiger partial charge in [0.15, 0.2) is 0 Å². The highest BCUT2D eigenvalue weighted by Gasteiger charge is 2.25. The predicted molar refractivity (Wildman–Crippen MR) is 115 cm³/mol. The van der Waals surface area contributed by atoms with Crippen LogP contribution in [0.3, 0.4) is 0 Å². The topological polar surface area (TPSA) is 62.6 Å². The molecule has 146 valence electrons. The van der Waals surface area contributed by atoms with Gasteiger partial charge >= 0.3 is 0 Å². The third-order valence-corrected chi connectivity index (χ3v) is 5.09. The largest absolute Gasteiger partial charge is 0.449 e. The van der Waals surface area contributed by atoms with Gasteiger partial charge in [-0.3, -0.25) is 9.59 Å². The Morgan fingerprint density at radius 3 is 2.54 bits per heavy atom. The lowest BCUT2D eigenvalue weighted by Crippen LogP contribution is -2.32. The normalized spacial score (nSPS) is 11.2. The molecular formula is C22H24N2O3S. The molecule has 6 heteroatoms. The van der Waals surface area contributed by atoms with Crippen molar-refractivity contribution in [3.63, 3.8) is 0 Å². The second kappa shape index (κ2) is 9.37. The molecule has 3 rings (SSSR count). The van der Waals surface area contributed by atoms with Crippen molar-refractivity contribution >= 4 is 45.9 Å². The van der Waals surface area contributed by atoms with E-state index in [1.807, 2.05) is 49.6 Å². The number of amides is 2. The Balaban J connectivity index is 1.92. The number of nitrogens with one attached hydrogen (secondary N) is 1. The van der Waals surface area contributed by atoms with Gasteiger partial charge in [0.25, 0.3) is 5.91 Å². The minimum atomic E-state index is -0.300. The summed E-state index contributed by atoms with van der Waals surface area (Å²) in [6, 6.07) is 11.2. The van der Waals surface area contributed by atoms with E-state index in [-0.39, 0.29) is 17.6 Å². The monoisotopic (exact) mass is 396 g/mol. The van der Waals surface area contributed by atoms with Crippen LogP contribution in [0.2, 0.25) is 0 Å². The first kappa shape index (κ1) is 19.9. The van der Waals surface area contributed by atoms with E-state index in [1.54, 1.807) is 28.4 Å². The van der Waals surface area contributed by atoms with Crippen molar-refractivity contribution in [3.05, 3.63) is 58.5 Å². The number of hydrogen-bond donors (Lipinski definition) is 1. The third-order valence-electron chi connectivity index (χ3n) is 4.25. The van der Waals surface area contributed by atoms with Crippen LogP contribution in [0, 0.1) is 0 Å². The summed E-state index contributed by atoms with van der Waals surface area (Å²) in [6.45, 7) is 5.37.